The molecule has 1 saturated carbocycles. The molecule has 0 atom stereocenters. The summed E-state index contributed by atoms with van der Waals surface area (Å²) >= 11 is 0. The molecule has 0 spiro atoms. The molecule has 2 aliphatic rings. The summed E-state index contributed by atoms with van der Waals surface area (Å²) in [6.45, 7) is 0.139. The van der Waals surface area contributed by atoms with Crippen molar-refractivity contribution >= 4 is 21.6 Å². The molecule has 1 aliphatic heterocycles. The van der Waals surface area contributed by atoms with Crippen LogP contribution in [-0.4, -0.2) is 34.3 Å². The average Bonchev–Trinajstić information content (AvgIpc) is 3.21. The summed E-state index contributed by atoms with van der Waals surface area (Å²) in [7, 11) is -2.43. The molecule has 9 heteroatoms. The minimum absolute atomic E-state index is 0.0473. The smallest absolute Gasteiger partial charge is 0.255 e. The number of ether oxygens (including phenoxy) is 3. The lowest BCUT2D eigenvalue weighted by Crippen LogP contribution is -2.36. The van der Waals surface area contributed by atoms with Crippen molar-refractivity contribution in [1.82, 2.24) is 4.72 Å². The number of methoxy groups -OCH3 is 1. The summed E-state index contributed by atoms with van der Waals surface area (Å²) in [5.41, 5.74) is 0.724. The van der Waals surface area contributed by atoms with Crippen LogP contribution in [0.4, 0.5) is 5.69 Å². The molecular formula is C21H24N2O6S. The predicted molar refractivity (Wildman–Crippen MR) is 111 cm³/mol. The molecule has 0 saturated heterocycles. The zero-order valence-electron chi connectivity index (χ0n) is 16.6. The fraction of sp³-hybridized carbons (Fsp3) is 0.381. The lowest BCUT2D eigenvalue weighted by Gasteiger charge is -2.23. The zero-order valence-corrected chi connectivity index (χ0v) is 17.5. The SMILES string of the molecule is COc1ccc(C(=O)Nc2ccc3c(c2)OCO3)cc1S(=O)(=O)NC1CCCCC1. The topological polar surface area (TPSA) is 103 Å². The van der Waals surface area contributed by atoms with Crippen LogP contribution in [0.15, 0.2) is 41.3 Å². The Kier molecular flexibility index (Phi) is 5.83. The van der Waals surface area contributed by atoms with Gasteiger partial charge in [-0.05, 0) is 43.2 Å². The second-order valence-corrected chi connectivity index (χ2v) is 9.03. The van der Waals surface area contributed by atoms with Crippen LogP contribution in [0.3, 0.4) is 0 Å². The van der Waals surface area contributed by atoms with Gasteiger partial charge in [0, 0.05) is 23.4 Å². The molecule has 30 heavy (non-hydrogen) atoms. The normalized spacial score (nSPS) is 16.3. The quantitative estimate of drug-likeness (QED) is 0.726. The third-order valence-corrected chi connectivity index (χ3v) is 6.81. The zero-order chi connectivity index (χ0) is 21.1. The van der Waals surface area contributed by atoms with Crippen molar-refractivity contribution in [3.05, 3.63) is 42.0 Å². The Balaban J connectivity index is 1.56. The molecule has 1 aliphatic carbocycles. The van der Waals surface area contributed by atoms with Gasteiger partial charge in [0.1, 0.15) is 10.6 Å². The highest BCUT2D eigenvalue weighted by Crippen LogP contribution is 2.34. The average molecular weight is 432 g/mol. The Morgan fingerprint density at radius 2 is 1.80 bits per heavy atom. The van der Waals surface area contributed by atoms with Crippen LogP contribution in [0.5, 0.6) is 17.2 Å². The molecule has 2 aromatic carbocycles. The van der Waals surface area contributed by atoms with E-state index in [2.05, 4.69) is 10.0 Å². The van der Waals surface area contributed by atoms with Gasteiger partial charge in [-0.1, -0.05) is 19.3 Å². The van der Waals surface area contributed by atoms with Gasteiger partial charge < -0.3 is 19.5 Å². The van der Waals surface area contributed by atoms with Crippen LogP contribution in [0, 0.1) is 0 Å². The molecule has 8 nitrogen and oxygen atoms in total. The van der Waals surface area contributed by atoms with E-state index >= 15 is 0 Å². The summed E-state index contributed by atoms with van der Waals surface area (Å²) in [5, 5.41) is 2.75. The van der Waals surface area contributed by atoms with E-state index in [1.807, 2.05) is 0 Å². The first kappa shape index (κ1) is 20.5. The van der Waals surface area contributed by atoms with Gasteiger partial charge in [0.2, 0.25) is 16.8 Å². The number of hydrogen-bond donors (Lipinski definition) is 2. The Hall–Kier alpha value is -2.78. The number of nitrogens with one attached hydrogen (secondary N) is 2. The first-order chi connectivity index (χ1) is 14.5. The van der Waals surface area contributed by atoms with Crippen molar-refractivity contribution in [2.45, 2.75) is 43.0 Å². The van der Waals surface area contributed by atoms with Crippen LogP contribution in [0.1, 0.15) is 42.5 Å². The minimum atomic E-state index is -3.83. The summed E-state index contributed by atoms with van der Waals surface area (Å²) in [6.07, 6.45) is 4.75. The summed E-state index contributed by atoms with van der Waals surface area (Å²) < 4.78 is 44.6. The van der Waals surface area contributed by atoms with Crippen LogP contribution in [0.2, 0.25) is 0 Å². The van der Waals surface area contributed by atoms with Crippen LogP contribution in [-0.2, 0) is 10.0 Å². The predicted octanol–water partition coefficient (Wildman–Crippen LogP) is 3.29. The molecular weight excluding hydrogens is 408 g/mol. The van der Waals surface area contributed by atoms with Crippen molar-refractivity contribution in [1.29, 1.82) is 0 Å². The number of amides is 1. The summed E-state index contributed by atoms with van der Waals surface area (Å²) in [4.78, 5) is 12.7. The molecule has 2 aromatic rings. The van der Waals surface area contributed by atoms with E-state index in [1.54, 1.807) is 18.2 Å². The second kappa shape index (κ2) is 8.53. The van der Waals surface area contributed by atoms with Crippen molar-refractivity contribution in [3.63, 3.8) is 0 Å². The molecule has 1 fully saturated rings. The number of carbonyl (C=O) groups excluding carboxylic acids is 1. The lowest BCUT2D eigenvalue weighted by molar-refractivity contribution is 0.102. The van der Waals surface area contributed by atoms with Crippen molar-refractivity contribution in [3.8, 4) is 17.2 Å². The number of benzene rings is 2. The van der Waals surface area contributed by atoms with E-state index in [0.717, 1.165) is 32.1 Å². The highest BCUT2D eigenvalue weighted by molar-refractivity contribution is 7.89. The van der Waals surface area contributed by atoms with Gasteiger partial charge in [-0.15, -0.1) is 0 Å². The third-order valence-electron chi connectivity index (χ3n) is 5.27. The molecule has 1 amide bonds. The van der Waals surface area contributed by atoms with Gasteiger partial charge in [0.05, 0.1) is 7.11 Å². The van der Waals surface area contributed by atoms with E-state index in [4.69, 9.17) is 14.2 Å². The lowest BCUT2D eigenvalue weighted by atomic mass is 9.96. The van der Waals surface area contributed by atoms with E-state index in [0.29, 0.717) is 17.2 Å². The van der Waals surface area contributed by atoms with Gasteiger partial charge in [0.25, 0.3) is 5.91 Å². The van der Waals surface area contributed by atoms with E-state index < -0.39 is 15.9 Å². The number of hydrogen-bond acceptors (Lipinski definition) is 6. The molecule has 2 N–H and O–H groups in total. The Morgan fingerprint density at radius 1 is 1.03 bits per heavy atom. The van der Waals surface area contributed by atoms with Gasteiger partial charge in [-0.2, -0.15) is 0 Å². The largest absolute Gasteiger partial charge is 0.495 e. The highest BCUT2D eigenvalue weighted by Gasteiger charge is 2.26. The van der Waals surface area contributed by atoms with Crippen LogP contribution in [0.25, 0.3) is 0 Å². The third kappa shape index (κ3) is 4.36. The first-order valence-corrected chi connectivity index (χ1v) is 11.4. The molecule has 4 rings (SSSR count). The summed E-state index contributed by atoms with van der Waals surface area (Å²) in [6, 6.07) is 9.32. The number of sulfonamides is 1. The van der Waals surface area contributed by atoms with Gasteiger partial charge in [-0.25, -0.2) is 13.1 Å². The van der Waals surface area contributed by atoms with E-state index in [-0.39, 0.29) is 29.0 Å². The van der Waals surface area contributed by atoms with Gasteiger partial charge in [-0.3, -0.25) is 4.79 Å². The van der Waals surface area contributed by atoms with Crippen LogP contribution >= 0.6 is 0 Å². The molecule has 0 unspecified atom stereocenters. The van der Waals surface area contributed by atoms with E-state index in [9.17, 15) is 13.2 Å². The molecule has 1 heterocycles. The Bertz CT molecular complexity index is 1050. The molecule has 0 radical (unpaired) electrons. The fourth-order valence-corrected chi connectivity index (χ4v) is 5.21. The number of rotatable bonds is 6. The minimum Gasteiger partial charge on any atom is -0.495 e. The molecule has 0 aromatic heterocycles. The maximum absolute atomic E-state index is 13.0. The molecule has 160 valence electrons. The molecule has 0 bridgehead atoms. The maximum Gasteiger partial charge on any atom is 0.255 e. The number of carbonyl (C=O) groups is 1. The number of anilines is 1. The first-order valence-electron chi connectivity index (χ1n) is 9.87. The fourth-order valence-electron chi connectivity index (χ4n) is 3.71. The monoisotopic (exact) mass is 432 g/mol. The Morgan fingerprint density at radius 3 is 2.57 bits per heavy atom. The summed E-state index contributed by atoms with van der Waals surface area (Å²) in [5.74, 6) is 0.908. The number of fused-ring (bicyclic) bond motifs is 1. The second-order valence-electron chi connectivity index (χ2n) is 7.34. The Labute approximate surface area is 175 Å². The highest BCUT2D eigenvalue weighted by atomic mass is 32.2. The van der Waals surface area contributed by atoms with Crippen LogP contribution < -0.4 is 24.2 Å². The van der Waals surface area contributed by atoms with Gasteiger partial charge in [0.15, 0.2) is 11.5 Å². The van der Waals surface area contributed by atoms with Gasteiger partial charge >= 0.3 is 0 Å². The standard InChI is InChI=1S/C21H24N2O6S/c1-27-18-9-7-14(11-20(18)30(25,26)23-15-5-3-2-4-6-15)21(24)22-16-8-10-17-19(12-16)29-13-28-17/h7-12,15,23H,2-6,13H2,1H3,(H,22,24). The van der Waals surface area contributed by atoms with Crippen molar-refractivity contribution < 1.29 is 27.4 Å². The van der Waals surface area contributed by atoms with E-state index in [1.165, 1.54) is 25.3 Å². The maximum atomic E-state index is 13.0. The van der Waals surface area contributed by atoms with Crippen molar-refractivity contribution in [2.24, 2.45) is 0 Å². The van der Waals surface area contributed by atoms with Crippen molar-refractivity contribution in [2.75, 3.05) is 19.2 Å².